The molecule has 1 aliphatic rings. The minimum Gasteiger partial charge on any atom is -0.371 e. The van der Waals surface area contributed by atoms with E-state index in [9.17, 15) is 8.42 Å². The molecule has 1 N–H and O–H groups in total. The Bertz CT molecular complexity index is 754. The van der Waals surface area contributed by atoms with Crippen LogP contribution in [0.15, 0.2) is 53.4 Å². The Morgan fingerprint density at radius 2 is 1.68 bits per heavy atom. The number of hydrogen-bond donors (Lipinski definition) is 1. The Kier molecular flexibility index (Phi) is 4.27. The van der Waals surface area contributed by atoms with Gasteiger partial charge in [0.1, 0.15) is 0 Å². The van der Waals surface area contributed by atoms with Crippen molar-refractivity contribution >= 4 is 33.0 Å². The van der Waals surface area contributed by atoms with Gasteiger partial charge in [0, 0.05) is 23.8 Å². The van der Waals surface area contributed by atoms with Crippen LogP contribution in [-0.2, 0) is 10.0 Å². The van der Waals surface area contributed by atoms with Crippen LogP contribution in [0.1, 0.15) is 12.8 Å². The van der Waals surface area contributed by atoms with Crippen molar-refractivity contribution < 1.29 is 8.42 Å². The third-order valence-electron chi connectivity index (χ3n) is 3.69. The van der Waals surface area contributed by atoms with E-state index in [1.165, 1.54) is 25.0 Å². The zero-order valence-corrected chi connectivity index (χ0v) is 13.6. The molecular formula is C16H17ClN2O2S. The van der Waals surface area contributed by atoms with E-state index in [0.29, 0.717) is 10.7 Å². The lowest BCUT2D eigenvalue weighted by atomic mass is 10.2. The molecule has 0 aliphatic carbocycles. The van der Waals surface area contributed by atoms with Gasteiger partial charge >= 0.3 is 0 Å². The first-order chi connectivity index (χ1) is 10.5. The van der Waals surface area contributed by atoms with Gasteiger partial charge in [-0.3, -0.25) is 4.72 Å². The summed E-state index contributed by atoms with van der Waals surface area (Å²) in [7, 11) is -3.60. The van der Waals surface area contributed by atoms with E-state index in [4.69, 9.17) is 11.6 Å². The fourth-order valence-electron chi connectivity index (χ4n) is 2.57. The SMILES string of the molecule is O=S(=O)(Nc1cccc(N2CCCC2)c1)c1ccc(Cl)cc1. The maximum absolute atomic E-state index is 12.4. The maximum atomic E-state index is 12.4. The average Bonchev–Trinajstić information content (AvgIpc) is 3.02. The molecule has 0 atom stereocenters. The standard InChI is InChI=1S/C16H17ClN2O2S/c17-13-6-8-16(9-7-13)22(20,21)18-14-4-3-5-15(12-14)19-10-1-2-11-19/h3-9,12,18H,1-2,10-11H2. The molecule has 1 fully saturated rings. The smallest absolute Gasteiger partial charge is 0.261 e. The maximum Gasteiger partial charge on any atom is 0.261 e. The summed E-state index contributed by atoms with van der Waals surface area (Å²) in [6.45, 7) is 2.04. The number of sulfonamides is 1. The van der Waals surface area contributed by atoms with Crippen molar-refractivity contribution in [1.82, 2.24) is 0 Å². The van der Waals surface area contributed by atoms with Crippen molar-refractivity contribution in [3.63, 3.8) is 0 Å². The molecule has 3 rings (SSSR count). The molecule has 1 heterocycles. The van der Waals surface area contributed by atoms with E-state index in [1.807, 2.05) is 18.2 Å². The second-order valence-corrected chi connectivity index (χ2v) is 7.42. The number of nitrogens with zero attached hydrogens (tertiary/aromatic N) is 1. The van der Waals surface area contributed by atoms with Crippen molar-refractivity contribution in [2.45, 2.75) is 17.7 Å². The zero-order valence-electron chi connectivity index (χ0n) is 12.0. The van der Waals surface area contributed by atoms with E-state index in [0.717, 1.165) is 18.8 Å². The van der Waals surface area contributed by atoms with Gasteiger partial charge < -0.3 is 4.90 Å². The van der Waals surface area contributed by atoms with Crippen LogP contribution in [0.25, 0.3) is 0 Å². The minimum absolute atomic E-state index is 0.198. The Morgan fingerprint density at radius 1 is 1.00 bits per heavy atom. The molecule has 0 bridgehead atoms. The van der Waals surface area contributed by atoms with E-state index in [-0.39, 0.29) is 4.90 Å². The molecule has 2 aromatic carbocycles. The van der Waals surface area contributed by atoms with Gasteiger partial charge in [-0.1, -0.05) is 17.7 Å². The van der Waals surface area contributed by atoms with Gasteiger partial charge in [0.05, 0.1) is 10.6 Å². The van der Waals surface area contributed by atoms with Crippen LogP contribution in [-0.4, -0.2) is 21.5 Å². The summed E-state index contributed by atoms with van der Waals surface area (Å²) < 4.78 is 27.4. The topological polar surface area (TPSA) is 49.4 Å². The first kappa shape index (κ1) is 15.2. The van der Waals surface area contributed by atoms with E-state index >= 15 is 0 Å². The molecule has 0 amide bonds. The fraction of sp³-hybridized carbons (Fsp3) is 0.250. The van der Waals surface area contributed by atoms with Gasteiger partial charge in [-0.25, -0.2) is 8.42 Å². The molecule has 4 nitrogen and oxygen atoms in total. The van der Waals surface area contributed by atoms with Crippen molar-refractivity contribution in [1.29, 1.82) is 0 Å². The molecule has 6 heteroatoms. The first-order valence-corrected chi connectivity index (χ1v) is 9.04. The molecule has 116 valence electrons. The lowest BCUT2D eigenvalue weighted by Gasteiger charge is -2.18. The fourth-order valence-corrected chi connectivity index (χ4v) is 3.74. The van der Waals surface area contributed by atoms with Crippen molar-refractivity contribution in [3.05, 3.63) is 53.6 Å². The molecule has 1 saturated heterocycles. The van der Waals surface area contributed by atoms with Crippen LogP contribution in [0.5, 0.6) is 0 Å². The van der Waals surface area contributed by atoms with Crippen LogP contribution in [0.2, 0.25) is 5.02 Å². The third-order valence-corrected chi connectivity index (χ3v) is 5.34. The number of nitrogens with one attached hydrogen (secondary N) is 1. The molecule has 0 spiro atoms. The van der Waals surface area contributed by atoms with E-state index < -0.39 is 10.0 Å². The second-order valence-electron chi connectivity index (χ2n) is 5.30. The molecule has 0 aromatic heterocycles. The molecule has 1 aliphatic heterocycles. The summed E-state index contributed by atoms with van der Waals surface area (Å²) >= 11 is 5.79. The Morgan fingerprint density at radius 3 is 2.36 bits per heavy atom. The summed E-state index contributed by atoms with van der Waals surface area (Å²) in [6, 6.07) is 13.6. The molecule has 0 saturated carbocycles. The van der Waals surface area contributed by atoms with Gasteiger partial charge in [0.15, 0.2) is 0 Å². The summed E-state index contributed by atoms with van der Waals surface area (Å²) in [5.41, 5.74) is 1.62. The van der Waals surface area contributed by atoms with Gasteiger partial charge in [-0.15, -0.1) is 0 Å². The molecule has 0 radical (unpaired) electrons. The number of anilines is 2. The van der Waals surface area contributed by atoms with Gasteiger partial charge in [0.2, 0.25) is 0 Å². The normalized spacial score (nSPS) is 15.0. The third kappa shape index (κ3) is 3.36. The monoisotopic (exact) mass is 336 g/mol. The lowest BCUT2D eigenvalue weighted by Crippen LogP contribution is -2.18. The van der Waals surface area contributed by atoms with Crippen LogP contribution < -0.4 is 9.62 Å². The summed E-state index contributed by atoms with van der Waals surface area (Å²) in [5, 5.41) is 0.509. The second kappa shape index (κ2) is 6.18. The number of benzene rings is 2. The van der Waals surface area contributed by atoms with Crippen LogP contribution in [0, 0.1) is 0 Å². The Hall–Kier alpha value is -1.72. The highest BCUT2D eigenvalue weighted by Crippen LogP contribution is 2.25. The highest BCUT2D eigenvalue weighted by Gasteiger charge is 2.16. The highest BCUT2D eigenvalue weighted by molar-refractivity contribution is 7.92. The highest BCUT2D eigenvalue weighted by atomic mass is 35.5. The molecular weight excluding hydrogens is 320 g/mol. The predicted octanol–water partition coefficient (Wildman–Crippen LogP) is 3.74. The van der Waals surface area contributed by atoms with E-state index in [1.54, 1.807) is 18.2 Å². The van der Waals surface area contributed by atoms with Crippen molar-refractivity contribution in [3.8, 4) is 0 Å². The van der Waals surface area contributed by atoms with Crippen molar-refractivity contribution in [2.75, 3.05) is 22.7 Å². The molecule has 0 unspecified atom stereocenters. The van der Waals surface area contributed by atoms with Gasteiger partial charge in [-0.2, -0.15) is 0 Å². The van der Waals surface area contributed by atoms with Crippen LogP contribution in [0.4, 0.5) is 11.4 Å². The quantitative estimate of drug-likeness (QED) is 0.925. The molecule has 22 heavy (non-hydrogen) atoms. The lowest BCUT2D eigenvalue weighted by molar-refractivity contribution is 0.601. The summed E-state index contributed by atoms with van der Waals surface area (Å²) in [6.07, 6.45) is 2.36. The van der Waals surface area contributed by atoms with Crippen LogP contribution in [0.3, 0.4) is 0 Å². The Labute approximate surface area is 135 Å². The number of hydrogen-bond acceptors (Lipinski definition) is 3. The molecule has 2 aromatic rings. The minimum atomic E-state index is -3.60. The average molecular weight is 337 g/mol. The number of rotatable bonds is 4. The van der Waals surface area contributed by atoms with E-state index in [2.05, 4.69) is 9.62 Å². The summed E-state index contributed by atoms with van der Waals surface area (Å²) in [4.78, 5) is 2.46. The summed E-state index contributed by atoms with van der Waals surface area (Å²) in [5.74, 6) is 0. The van der Waals surface area contributed by atoms with Gasteiger partial charge in [-0.05, 0) is 55.3 Å². The number of halogens is 1. The largest absolute Gasteiger partial charge is 0.371 e. The first-order valence-electron chi connectivity index (χ1n) is 7.18. The predicted molar refractivity (Wildman–Crippen MR) is 90.1 cm³/mol. The van der Waals surface area contributed by atoms with Crippen LogP contribution >= 0.6 is 11.6 Å². The zero-order chi connectivity index (χ0) is 15.6. The van der Waals surface area contributed by atoms with Gasteiger partial charge in [0.25, 0.3) is 10.0 Å². The Balaban J connectivity index is 1.82. The van der Waals surface area contributed by atoms with Crippen molar-refractivity contribution in [2.24, 2.45) is 0 Å².